The third-order valence-electron chi connectivity index (χ3n) is 2.83. The van der Waals surface area contributed by atoms with Crippen LogP contribution in [0, 0.1) is 0 Å². The van der Waals surface area contributed by atoms with Crippen LogP contribution >= 0.6 is 0 Å². The maximum Gasteiger partial charge on any atom is 0.150 e. The fourth-order valence-electron chi connectivity index (χ4n) is 1.84. The second-order valence-electron chi connectivity index (χ2n) is 5.20. The van der Waals surface area contributed by atoms with Gasteiger partial charge in [-0.1, -0.05) is 13.0 Å². The van der Waals surface area contributed by atoms with E-state index in [9.17, 15) is 5.11 Å². The quantitative estimate of drug-likeness (QED) is 0.862. The Labute approximate surface area is 113 Å². The van der Waals surface area contributed by atoms with Crippen LogP contribution in [-0.2, 0) is 18.4 Å². The molecule has 19 heavy (non-hydrogen) atoms. The van der Waals surface area contributed by atoms with E-state index in [1.54, 1.807) is 13.8 Å². The smallest absolute Gasteiger partial charge is 0.150 e. The molecule has 0 amide bonds. The monoisotopic (exact) mass is 260 g/mol. The standard InChI is InChI=1S/C14H20N4O/c1-4-6-12-16-13(18-17-12)9-10-7-5-8-11(15-10)14(2,3)19/h5,7-8,19H,4,6,9H2,1-3H3,(H,16,17,18). The van der Waals surface area contributed by atoms with Gasteiger partial charge in [-0.3, -0.25) is 10.1 Å². The molecule has 0 atom stereocenters. The zero-order valence-electron chi connectivity index (χ0n) is 11.6. The van der Waals surface area contributed by atoms with E-state index in [0.29, 0.717) is 12.1 Å². The van der Waals surface area contributed by atoms with Gasteiger partial charge in [0, 0.05) is 18.5 Å². The number of aromatic nitrogens is 4. The number of H-pyrrole nitrogens is 1. The van der Waals surface area contributed by atoms with E-state index in [2.05, 4.69) is 27.1 Å². The predicted molar refractivity (Wildman–Crippen MR) is 72.7 cm³/mol. The van der Waals surface area contributed by atoms with Gasteiger partial charge in [0.15, 0.2) is 5.82 Å². The van der Waals surface area contributed by atoms with Gasteiger partial charge < -0.3 is 5.11 Å². The van der Waals surface area contributed by atoms with Crippen LogP contribution in [0.15, 0.2) is 18.2 Å². The molecule has 5 nitrogen and oxygen atoms in total. The molecule has 0 spiro atoms. The molecule has 0 aliphatic heterocycles. The van der Waals surface area contributed by atoms with Crippen molar-refractivity contribution in [1.82, 2.24) is 20.2 Å². The summed E-state index contributed by atoms with van der Waals surface area (Å²) >= 11 is 0. The van der Waals surface area contributed by atoms with E-state index in [4.69, 9.17) is 0 Å². The Morgan fingerprint density at radius 1 is 1.26 bits per heavy atom. The molecule has 0 aliphatic rings. The summed E-state index contributed by atoms with van der Waals surface area (Å²) in [7, 11) is 0. The van der Waals surface area contributed by atoms with Crippen LogP contribution in [0.1, 0.15) is 50.2 Å². The van der Waals surface area contributed by atoms with E-state index < -0.39 is 5.60 Å². The molecule has 0 aliphatic carbocycles. The fourth-order valence-corrected chi connectivity index (χ4v) is 1.84. The highest BCUT2D eigenvalue weighted by molar-refractivity contribution is 5.18. The van der Waals surface area contributed by atoms with Crippen molar-refractivity contribution in [3.05, 3.63) is 41.2 Å². The molecule has 2 aromatic heterocycles. The Kier molecular flexibility index (Phi) is 3.95. The minimum atomic E-state index is -0.926. The Morgan fingerprint density at radius 2 is 2.05 bits per heavy atom. The SMILES string of the molecule is CCCc1n[nH]c(Cc2cccc(C(C)(C)O)n2)n1. The van der Waals surface area contributed by atoms with Crippen LogP contribution in [0.4, 0.5) is 0 Å². The number of hydrogen-bond donors (Lipinski definition) is 2. The van der Waals surface area contributed by atoms with Crippen molar-refractivity contribution in [3.63, 3.8) is 0 Å². The van der Waals surface area contributed by atoms with Crippen LogP contribution in [0.2, 0.25) is 0 Å². The van der Waals surface area contributed by atoms with Crippen LogP contribution in [0.5, 0.6) is 0 Å². The first kappa shape index (κ1) is 13.7. The van der Waals surface area contributed by atoms with Gasteiger partial charge in [-0.05, 0) is 32.4 Å². The number of hydrogen-bond acceptors (Lipinski definition) is 4. The predicted octanol–water partition coefficient (Wildman–Crippen LogP) is 1.97. The summed E-state index contributed by atoms with van der Waals surface area (Å²) in [6, 6.07) is 5.66. The Bertz CT molecular complexity index is 542. The molecular formula is C14H20N4O. The summed E-state index contributed by atoms with van der Waals surface area (Å²) in [6.07, 6.45) is 2.51. The summed E-state index contributed by atoms with van der Waals surface area (Å²) in [5.41, 5.74) is 0.613. The summed E-state index contributed by atoms with van der Waals surface area (Å²) in [4.78, 5) is 8.87. The van der Waals surface area contributed by atoms with Crippen LogP contribution < -0.4 is 0 Å². The van der Waals surface area contributed by atoms with E-state index in [1.807, 2.05) is 18.2 Å². The minimum absolute atomic E-state index is 0.598. The van der Waals surface area contributed by atoms with Crippen molar-refractivity contribution in [1.29, 1.82) is 0 Å². The molecule has 2 heterocycles. The van der Waals surface area contributed by atoms with Gasteiger partial charge in [0.05, 0.1) is 5.69 Å². The molecule has 2 rings (SSSR count). The highest BCUT2D eigenvalue weighted by Crippen LogP contribution is 2.17. The first-order valence-corrected chi connectivity index (χ1v) is 6.58. The van der Waals surface area contributed by atoms with Crippen LogP contribution in [-0.4, -0.2) is 25.3 Å². The second kappa shape index (κ2) is 5.48. The average molecular weight is 260 g/mol. The number of rotatable bonds is 5. The van der Waals surface area contributed by atoms with E-state index in [1.165, 1.54) is 0 Å². The lowest BCUT2D eigenvalue weighted by Crippen LogP contribution is -2.18. The lowest BCUT2D eigenvalue weighted by atomic mass is 10.0. The fraction of sp³-hybridized carbons (Fsp3) is 0.500. The third kappa shape index (κ3) is 3.61. The van der Waals surface area contributed by atoms with E-state index in [0.717, 1.165) is 30.2 Å². The van der Waals surface area contributed by atoms with Crippen molar-refractivity contribution in [3.8, 4) is 0 Å². The number of pyridine rings is 1. The molecule has 0 saturated heterocycles. The number of aromatic amines is 1. The normalized spacial score (nSPS) is 11.8. The highest BCUT2D eigenvalue weighted by Gasteiger charge is 2.17. The van der Waals surface area contributed by atoms with Gasteiger partial charge in [0.25, 0.3) is 0 Å². The van der Waals surface area contributed by atoms with Gasteiger partial charge in [-0.25, -0.2) is 4.98 Å². The van der Waals surface area contributed by atoms with Crippen molar-refractivity contribution in [2.24, 2.45) is 0 Å². The summed E-state index contributed by atoms with van der Waals surface area (Å²) in [5.74, 6) is 1.65. The third-order valence-corrected chi connectivity index (χ3v) is 2.83. The van der Waals surface area contributed by atoms with Gasteiger partial charge in [-0.2, -0.15) is 5.10 Å². The van der Waals surface area contributed by atoms with Crippen molar-refractivity contribution in [2.75, 3.05) is 0 Å². The molecule has 102 valence electrons. The lowest BCUT2D eigenvalue weighted by molar-refractivity contribution is 0.0736. The molecule has 0 fully saturated rings. The Balaban J connectivity index is 2.14. The van der Waals surface area contributed by atoms with E-state index >= 15 is 0 Å². The molecule has 0 bridgehead atoms. The molecule has 0 saturated carbocycles. The highest BCUT2D eigenvalue weighted by atomic mass is 16.3. The minimum Gasteiger partial charge on any atom is -0.384 e. The number of aryl methyl sites for hydroxylation is 1. The van der Waals surface area contributed by atoms with Gasteiger partial charge >= 0.3 is 0 Å². The summed E-state index contributed by atoms with van der Waals surface area (Å²) < 4.78 is 0. The van der Waals surface area contributed by atoms with Crippen LogP contribution in [0.3, 0.4) is 0 Å². The maximum atomic E-state index is 9.96. The Hall–Kier alpha value is -1.75. The average Bonchev–Trinajstić information content (AvgIpc) is 2.76. The lowest BCUT2D eigenvalue weighted by Gasteiger charge is -2.16. The van der Waals surface area contributed by atoms with Gasteiger partial charge in [0.1, 0.15) is 11.4 Å². The summed E-state index contributed by atoms with van der Waals surface area (Å²) in [6.45, 7) is 5.56. The molecule has 2 N–H and O–H groups in total. The number of nitrogens with one attached hydrogen (secondary N) is 1. The molecule has 0 aromatic carbocycles. The van der Waals surface area contributed by atoms with Crippen molar-refractivity contribution >= 4 is 0 Å². The topological polar surface area (TPSA) is 74.7 Å². The molecule has 0 radical (unpaired) electrons. The second-order valence-corrected chi connectivity index (χ2v) is 5.20. The molecular weight excluding hydrogens is 240 g/mol. The van der Waals surface area contributed by atoms with Gasteiger partial charge in [-0.15, -0.1) is 0 Å². The molecule has 2 aromatic rings. The van der Waals surface area contributed by atoms with Gasteiger partial charge in [0.2, 0.25) is 0 Å². The number of aliphatic hydroxyl groups is 1. The molecule has 5 heteroatoms. The van der Waals surface area contributed by atoms with Crippen molar-refractivity contribution < 1.29 is 5.11 Å². The largest absolute Gasteiger partial charge is 0.384 e. The first-order valence-electron chi connectivity index (χ1n) is 6.58. The summed E-state index contributed by atoms with van der Waals surface area (Å²) in [5, 5.41) is 17.0. The number of nitrogens with zero attached hydrogens (tertiary/aromatic N) is 3. The first-order chi connectivity index (χ1) is 8.99. The zero-order chi connectivity index (χ0) is 13.9. The van der Waals surface area contributed by atoms with Crippen molar-refractivity contribution in [2.45, 2.75) is 45.6 Å². The van der Waals surface area contributed by atoms with E-state index in [-0.39, 0.29) is 0 Å². The maximum absolute atomic E-state index is 9.96. The zero-order valence-corrected chi connectivity index (χ0v) is 11.6. The molecule has 0 unspecified atom stereocenters. The van der Waals surface area contributed by atoms with Crippen LogP contribution in [0.25, 0.3) is 0 Å². The Morgan fingerprint density at radius 3 is 2.74 bits per heavy atom.